The molecule has 1 saturated heterocycles. The standard InChI is InChI=1S/C25H28N4O2/c1-4-7-18-9-6-10-19(12-18)22-14-23(27-25(31)20-13-24(30)26-15-20)28-29(22)21-11-5-8-16(2)17(21)3/h5-6,8-12,14,20H,4,7,13,15H2,1-3H3,(H,26,30)(H,27,28,31)/t20-/m0/s1. The van der Waals surface area contributed by atoms with Gasteiger partial charge >= 0.3 is 0 Å². The number of hydrogen-bond donors (Lipinski definition) is 2. The Hall–Kier alpha value is -3.41. The van der Waals surface area contributed by atoms with Crippen LogP contribution in [0.25, 0.3) is 16.9 Å². The summed E-state index contributed by atoms with van der Waals surface area (Å²) in [5.41, 5.74) is 6.55. The largest absolute Gasteiger partial charge is 0.355 e. The molecule has 0 radical (unpaired) electrons. The molecule has 1 aliphatic heterocycles. The highest BCUT2D eigenvalue weighted by atomic mass is 16.2. The lowest BCUT2D eigenvalue weighted by molar-refractivity contribution is -0.123. The summed E-state index contributed by atoms with van der Waals surface area (Å²) in [5.74, 6) is -0.152. The second kappa shape index (κ2) is 8.76. The number of aromatic nitrogens is 2. The SMILES string of the molecule is CCCc1cccc(-c2cc(NC(=O)[C@@H]3CNC(=O)C3)nn2-c2cccc(C)c2C)c1. The Morgan fingerprint density at radius 3 is 2.74 bits per heavy atom. The van der Waals surface area contributed by atoms with Gasteiger partial charge in [0.15, 0.2) is 5.82 Å². The lowest BCUT2D eigenvalue weighted by Crippen LogP contribution is -2.24. The van der Waals surface area contributed by atoms with Crippen molar-refractivity contribution in [2.24, 2.45) is 5.92 Å². The van der Waals surface area contributed by atoms with E-state index in [1.807, 2.05) is 22.9 Å². The quantitative estimate of drug-likeness (QED) is 0.633. The molecule has 6 nitrogen and oxygen atoms in total. The molecular formula is C25H28N4O2. The van der Waals surface area contributed by atoms with Crippen molar-refractivity contribution in [3.8, 4) is 16.9 Å². The zero-order chi connectivity index (χ0) is 22.0. The molecule has 31 heavy (non-hydrogen) atoms. The molecule has 1 aromatic heterocycles. The van der Waals surface area contributed by atoms with Crippen LogP contribution in [0, 0.1) is 19.8 Å². The third kappa shape index (κ3) is 4.38. The molecule has 2 amide bonds. The molecule has 2 heterocycles. The van der Waals surface area contributed by atoms with Crippen molar-refractivity contribution in [2.75, 3.05) is 11.9 Å². The molecule has 2 N–H and O–H groups in total. The summed E-state index contributed by atoms with van der Waals surface area (Å²) in [4.78, 5) is 24.1. The predicted octanol–water partition coefficient (Wildman–Crippen LogP) is 4.18. The van der Waals surface area contributed by atoms with Crippen molar-refractivity contribution in [1.82, 2.24) is 15.1 Å². The molecule has 1 fully saturated rings. The van der Waals surface area contributed by atoms with Gasteiger partial charge in [-0.1, -0.05) is 43.7 Å². The van der Waals surface area contributed by atoms with Crippen molar-refractivity contribution in [3.05, 3.63) is 65.2 Å². The van der Waals surface area contributed by atoms with Crippen LogP contribution in [0.15, 0.2) is 48.5 Å². The number of anilines is 1. The van der Waals surface area contributed by atoms with Gasteiger partial charge in [0.25, 0.3) is 0 Å². The minimum Gasteiger partial charge on any atom is -0.355 e. The third-order valence-electron chi connectivity index (χ3n) is 5.87. The van der Waals surface area contributed by atoms with E-state index >= 15 is 0 Å². The number of nitrogens with one attached hydrogen (secondary N) is 2. The fraction of sp³-hybridized carbons (Fsp3) is 0.320. The molecule has 1 atom stereocenters. The van der Waals surface area contributed by atoms with E-state index in [-0.39, 0.29) is 24.2 Å². The maximum absolute atomic E-state index is 12.7. The summed E-state index contributed by atoms with van der Waals surface area (Å²) in [7, 11) is 0. The van der Waals surface area contributed by atoms with E-state index in [0.29, 0.717) is 12.4 Å². The minimum atomic E-state index is -0.366. The van der Waals surface area contributed by atoms with Crippen LogP contribution >= 0.6 is 0 Å². The van der Waals surface area contributed by atoms with E-state index in [1.54, 1.807) is 0 Å². The number of carbonyl (C=O) groups excluding carboxylic acids is 2. The van der Waals surface area contributed by atoms with Gasteiger partial charge in [-0.15, -0.1) is 5.10 Å². The Labute approximate surface area is 182 Å². The fourth-order valence-corrected chi connectivity index (χ4v) is 3.99. The van der Waals surface area contributed by atoms with E-state index in [1.165, 1.54) is 11.1 Å². The Balaban J connectivity index is 1.75. The molecule has 2 aromatic carbocycles. The average molecular weight is 417 g/mol. The van der Waals surface area contributed by atoms with Crippen LogP contribution in [-0.4, -0.2) is 28.1 Å². The Kier molecular flexibility index (Phi) is 5.89. The molecule has 6 heteroatoms. The van der Waals surface area contributed by atoms with Gasteiger partial charge in [-0.2, -0.15) is 0 Å². The number of nitrogens with zero attached hydrogens (tertiary/aromatic N) is 2. The number of carbonyl (C=O) groups is 2. The van der Waals surface area contributed by atoms with Crippen molar-refractivity contribution >= 4 is 17.6 Å². The molecule has 160 valence electrons. The minimum absolute atomic E-state index is 0.0884. The van der Waals surface area contributed by atoms with Crippen LogP contribution in [0.5, 0.6) is 0 Å². The zero-order valence-corrected chi connectivity index (χ0v) is 18.2. The first-order chi connectivity index (χ1) is 15.0. The Morgan fingerprint density at radius 2 is 2.00 bits per heavy atom. The van der Waals surface area contributed by atoms with Gasteiger partial charge in [0.2, 0.25) is 11.8 Å². The molecular weight excluding hydrogens is 388 g/mol. The molecule has 0 bridgehead atoms. The second-order valence-corrected chi connectivity index (χ2v) is 8.19. The highest BCUT2D eigenvalue weighted by Crippen LogP contribution is 2.29. The van der Waals surface area contributed by atoms with Crippen molar-refractivity contribution < 1.29 is 9.59 Å². The Morgan fingerprint density at radius 1 is 1.19 bits per heavy atom. The molecule has 0 aliphatic carbocycles. The normalized spacial score (nSPS) is 15.7. The first-order valence-electron chi connectivity index (χ1n) is 10.8. The third-order valence-corrected chi connectivity index (χ3v) is 5.87. The van der Waals surface area contributed by atoms with Crippen LogP contribution in [-0.2, 0) is 16.0 Å². The fourth-order valence-electron chi connectivity index (χ4n) is 3.99. The number of benzene rings is 2. The first kappa shape index (κ1) is 20.8. The number of amides is 2. The van der Waals surface area contributed by atoms with Gasteiger partial charge in [-0.3, -0.25) is 9.59 Å². The molecule has 4 rings (SSSR count). The smallest absolute Gasteiger partial charge is 0.230 e. The van der Waals surface area contributed by atoms with Crippen molar-refractivity contribution in [2.45, 2.75) is 40.0 Å². The van der Waals surface area contributed by atoms with E-state index in [4.69, 9.17) is 5.10 Å². The summed E-state index contributed by atoms with van der Waals surface area (Å²) in [6.07, 6.45) is 2.31. The van der Waals surface area contributed by atoms with E-state index in [9.17, 15) is 9.59 Å². The molecule has 0 spiro atoms. The number of hydrogen-bond acceptors (Lipinski definition) is 3. The van der Waals surface area contributed by atoms with E-state index in [2.05, 4.69) is 61.7 Å². The van der Waals surface area contributed by atoms with Gasteiger partial charge in [-0.05, 0) is 49.1 Å². The molecule has 0 unspecified atom stereocenters. The maximum atomic E-state index is 12.7. The zero-order valence-electron chi connectivity index (χ0n) is 18.2. The van der Waals surface area contributed by atoms with Crippen LogP contribution in [0.4, 0.5) is 5.82 Å². The summed E-state index contributed by atoms with van der Waals surface area (Å²) >= 11 is 0. The van der Waals surface area contributed by atoms with Crippen LogP contribution in [0.2, 0.25) is 0 Å². The van der Waals surface area contributed by atoms with E-state index < -0.39 is 0 Å². The monoisotopic (exact) mass is 416 g/mol. The highest BCUT2D eigenvalue weighted by Gasteiger charge is 2.28. The van der Waals surface area contributed by atoms with Gasteiger partial charge in [0.1, 0.15) is 0 Å². The number of rotatable bonds is 6. The second-order valence-electron chi connectivity index (χ2n) is 8.19. The van der Waals surface area contributed by atoms with Gasteiger partial charge in [-0.25, -0.2) is 4.68 Å². The topological polar surface area (TPSA) is 76.0 Å². The highest BCUT2D eigenvalue weighted by molar-refractivity contribution is 5.97. The van der Waals surface area contributed by atoms with Gasteiger partial charge < -0.3 is 10.6 Å². The lowest BCUT2D eigenvalue weighted by Gasteiger charge is -2.13. The molecule has 1 aliphatic rings. The van der Waals surface area contributed by atoms with Crippen LogP contribution < -0.4 is 10.6 Å². The van der Waals surface area contributed by atoms with Crippen molar-refractivity contribution in [1.29, 1.82) is 0 Å². The average Bonchev–Trinajstić information content (AvgIpc) is 3.37. The summed E-state index contributed by atoms with van der Waals surface area (Å²) < 4.78 is 1.90. The van der Waals surface area contributed by atoms with E-state index in [0.717, 1.165) is 35.3 Å². The lowest BCUT2D eigenvalue weighted by atomic mass is 10.0. The van der Waals surface area contributed by atoms with Gasteiger partial charge in [0.05, 0.1) is 17.3 Å². The summed E-state index contributed by atoms with van der Waals surface area (Å²) in [6, 6.07) is 16.5. The van der Waals surface area contributed by atoms with Crippen molar-refractivity contribution in [3.63, 3.8) is 0 Å². The van der Waals surface area contributed by atoms with Crippen LogP contribution in [0.1, 0.15) is 36.5 Å². The first-order valence-corrected chi connectivity index (χ1v) is 10.8. The number of aryl methyl sites for hydroxylation is 2. The maximum Gasteiger partial charge on any atom is 0.230 e. The summed E-state index contributed by atoms with van der Waals surface area (Å²) in [6.45, 7) is 6.70. The molecule has 3 aromatic rings. The Bertz CT molecular complexity index is 1130. The molecule has 0 saturated carbocycles. The predicted molar refractivity (Wildman–Crippen MR) is 122 cm³/mol. The van der Waals surface area contributed by atoms with Crippen LogP contribution in [0.3, 0.4) is 0 Å². The van der Waals surface area contributed by atoms with Gasteiger partial charge in [0, 0.05) is 24.6 Å². The summed E-state index contributed by atoms with van der Waals surface area (Å²) in [5, 5.41) is 10.4.